The average molecular weight is 405 g/mol. The molecular formula is C21H22F3N3O2. The molecule has 0 saturated heterocycles. The quantitative estimate of drug-likeness (QED) is 0.629. The first-order valence-corrected chi connectivity index (χ1v) is 8.96. The van der Waals surface area contributed by atoms with E-state index in [9.17, 15) is 13.2 Å². The normalized spacial score (nSPS) is 11.5. The van der Waals surface area contributed by atoms with Gasteiger partial charge in [0.05, 0.1) is 19.9 Å². The van der Waals surface area contributed by atoms with E-state index in [4.69, 9.17) is 9.47 Å². The Hall–Kier alpha value is -3.00. The Kier molecular flexibility index (Phi) is 6.12. The Morgan fingerprint density at radius 3 is 2.28 bits per heavy atom. The van der Waals surface area contributed by atoms with E-state index in [1.165, 1.54) is 18.0 Å². The molecule has 154 valence electrons. The number of aromatic nitrogens is 2. The van der Waals surface area contributed by atoms with E-state index in [2.05, 4.69) is 10.4 Å². The van der Waals surface area contributed by atoms with E-state index in [1.54, 1.807) is 31.4 Å². The summed E-state index contributed by atoms with van der Waals surface area (Å²) in [6.45, 7) is 2.26. The van der Waals surface area contributed by atoms with Crippen LogP contribution in [0.25, 0.3) is 5.69 Å². The number of ether oxygens (including phenoxy) is 2. The first kappa shape index (κ1) is 20.7. The highest BCUT2D eigenvalue weighted by atomic mass is 19.4. The van der Waals surface area contributed by atoms with E-state index < -0.39 is 11.9 Å². The topological polar surface area (TPSA) is 48.3 Å². The van der Waals surface area contributed by atoms with Crippen molar-refractivity contribution in [2.45, 2.75) is 26.2 Å². The van der Waals surface area contributed by atoms with Crippen LogP contribution in [0.4, 0.5) is 13.2 Å². The average Bonchev–Trinajstić information content (AvgIpc) is 3.13. The van der Waals surface area contributed by atoms with Gasteiger partial charge in [-0.25, -0.2) is 4.68 Å². The van der Waals surface area contributed by atoms with Gasteiger partial charge in [0.1, 0.15) is 11.5 Å². The van der Waals surface area contributed by atoms with Gasteiger partial charge >= 0.3 is 6.18 Å². The van der Waals surface area contributed by atoms with Gasteiger partial charge in [0, 0.05) is 36.5 Å². The Balaban J connectivity index is 1.79. The van der Waals surface area contributed by atoms with Crippen LogP contribution in [-0.2, 0) is 19.3 Å². The lowest BCUT2D eigenvalue weighted by Crippen LogP contribution is -2.17. The molecule has 8 heteroatoms. The molecule has 0 atom stereocenters. The predicted octanol–water partition coefficient (Wildman–Crippen LogP) is 4.51. The summed E-state index contributed by atoms with van der Waals surface area (Å²) in [5.41, 5.74) is 1.59. The van der Waals surface area contributed by atoms with Gasteiger partial charge in [-0.3, -0.25) is 0 Å². The van der Waals surface area contributed by atoms with Crippen LogP contribution in [0, 0.1) is 6.92 Å². The fourth-order valence-electron chi connectivity index (χ4n) is 2.94. The van der Waals surface area contributed by atoms with Crippen LogP contribution in [0.3, 0.4) is 0 Å². The molecular weight excluding hydrogens is 383 g/mol. The molecule has 1 heterocycles. The zero-order valence-corrected chi connectivity index (χ0v) is 16.4. The maximum absolute atomic E-state index is 13.5. The third-order valence-electron chi connectivity index (χ3n) is 4.48. The molecule has 5 nitrogen and oxygen atoms in total. The molecule has 3 rings (SSSR count). The third-order valence-corrected chi connectivity index (χ3v) is 4.48. The van der Waals surface area contributed by atoms with Gasteiger partial charge in [-0.2, -0.15) is 18.3 Å². The van der Waals surface area contributed by atoms with Crippen LogP contribution in [0.5, 0.6) is 11.5 Å². The lowest BCUT2D eigenvalue weighted by atomic mass is 10.1. The lowest BCUT2D eigenvalue weighted by Gasteiger charge is -2.11. The number of benzene rings is 2. The first-order valence-electron chi connectivity index (χ1n) is 8.96. The molecule has 1 N–H and O–H groups in total. The zero-order chi connectivity index (χ0) is 21.0. The number of nitrogens with one attached hydrogen (secondary N) is 1. The van der Waals surface area contributed by atoms with Crippen molar-refractivity contribution < 1.29 is 22.6 Å². The van der Waals surface area contributed by atoms with Gasteiger partial charge in [0.25, 0.3) is 0 Å². The highest BCUT2D eigenvalue weighted by Crippen LogP contribution is 2.31. The Morgan fingerprint density at radius 1 is 0.966 bits per heavy atom. The maximum Gasteiger partial charge on any atom is 0.435 e. The second-order valence-electron chi connectivity index (χ2n) is 6.56. The summed E-state index contributed by atoms with van der Waals surface area (Å²) < 4.78 is 52.1. The molecule has 0 unspecified atom stereocenters. The number of rotatable bonds is 7. The van der Waals surface area contributed by atoms with E-state index in [0.29, 0.717) is 23.7 Å². The molecule has 0 radical (unpaired) electrons. The maximum atomic E-state index is 13.5. The number of halogens is 3. The van der Waals surface area contributed by atoms with Gasteiger partial charge < -0.3 is 14.8 Å². The van der Waals surface area contributed by atoms with Crippen molar-refractivity contribution in [3.05, 3.63) is 71.0 Å². The molecule has 1 aromatic heterocycles. The van der Waals surface area contributed by atoms with Gasteiger partial charge in [0.15, 0.2) is 5.69 Å². The van der Waals surface area contributed by atoms with E-state index in [-0.39, 0.29) is 12.1 Å². The highest BCUT2D eigenvalue weighted by molar-refractivity contribution is 5.41. The number of alkyl halides is 3. The Morgan fingerprint density at radius 2 is 1.66 bits per heavy atom. The molecule has 2 aromatic carbocycles. The molecule has 0 aliphatic carbocycles. The smallest absolute Gasteiger partial charge is 0.435 e. The standard InChI is InChI=1S/C21H22F3N3O2/c1-14-4-7-17(8-5-14)27-13-16(20(26-27)21(22,23)24)12-25-11-15-6-9-18(28-2)10-19(15)29-3/h4-10,13,25H,11-12H2,1-3H3. The Labute approximate surface area is 167 Å². The van der Waals surface area contributed by atoms with Crippen LogP contribution in [0.2, 0.25) is 0 Å². The molecule has 29 heavy (non-hydrogen) atoms. The van der Waals surface area contributed by atoms with Crippen LogP contribution < -0.4 is 14.8 Å². The molecule has 3 aromatic rings. The SMILES string of the molecule is COc1ccc(CNCc2cn(-c3ccc(C)cc3)nc2C(F)(F)F)c(OC)c1. The fraction of sp³-hybridized carbons (Fsp3) is 0.286. The van der Waals surface area contributed by atoms with Crippen molar-refractivity contribution in [3.63, 3.8) is 0 Å². The summed E-state index contributed by atoms with van der Waals surface area (Å²) in [6, 6.07) is 12.5. The van der Waals surface area contributed by atoms with E-state index in [0.717, 1.165) is 11.1 Å². The van der Waals surface area contributed by atoms with Crippen molar-refractivity contribution in [1.29, 1.82) is 0 Å². The Bertz CT molecular complexity index is 966. The number of hydrogen-bond acceptors (Lipinski definition) is 4. The molecule has 0 aliphatic heterocycles. The summed E-state index contributed by atoms with van der Waals surface area (Å²) in [4.78, 5) is 0. The summed E-state index contributed by atoms with van der Waals surface area (Å²) in [7, 11) is 3.09. The van der Waals surface area contributed by atoms with Crippen LogP contribution >= 0.6 is 0 Å². The van der Waals surface area contributed by atoms with Crippen molar-refractivity contribution in [2.24, 2.45) is 0 Å². The predicted molar refractivity (Wildman–Crippen MR) is 103 cm³/mol. The molecule has 0 amide bonds. The molecule has 0 fully saturated rings. The third kappa shape index (κ3) is 4.89. The van der Waals surface area contributed by atoms with Crippen molar-refractivity contribution >= 4 is 0 Å². The molecule has 0 bridgehead atoms. The lowest BCUT2D eigenvalue weighted by molar-refractivity contribution is -0.142. The minimum absolute atomic E-state index is 0.00981. The molecule has 0 spiro atoms. The summed E-state index contributed by atoms with van der Waals surface area (Å²) in [5, 5.41) is 6.82. The largest absolute Gasteiger partial charge is 0.497 e. The minimum Gasteiger partial charge on any atom is -0.497 e. The first-order chi connectivity index (χ1) is 13.8. The van der Waals surface area contributed by atoms with E-state index in [1.807, 2.05) is 25.1 Å². The highest BCUT2D eigenvalue weighted by Gasteiger charge is 2.37. The number of methoxy groups -OCH3 is 2. The summed E-state index contributed by atoms with van der Waals surface area (Å²) in [6.07, 6.45) is -3.13. The second-order valence-corrected chi connectivity index (χ2v) is 6.56. The summed E-state index contributed by atoms with van der Waals surface area (Å²) >= 11 is 0. The molecule has 0 aliphatic rings. The number of nitrogens with zero attached hydrogens (tertiary/aromatic N) is 2. The minimum atomic E-state index is -4.54. The fourth-order valence-corrected chi connectivity index (χ4v) is 2.94. The van der Waals surface area contributed by atoms with Crippen molar-refractivity contribution in [1.82, 2.24) is 15.1 Å². The molecule has 0 saturated carbocycles. The number of aryl methyl sites for hydroxylation is 1. The van der Waals surface area contributed by atoms with Gasteiger partial charge in [-0.05, 0) is 25.1 Å². The number of hydrogen-bond donors (Lipinski definition) is 1. The van der Waals surface area contributed by atoms with Gasteiger partial charge in [0.2, 0.25) is 0 Å². The van der Waals surface area contributed by atoms with Crippen LogP contribution in [0.1, 0.15) is 22.4 Å². The van der Waals surface area contributed by atoms with E-state index >= 15 is 0 Å². The van der Waals surface area contributed by atoms with Gasteiger partial charge in [-0.15, -0.1) is 0 Å². The van der Waals surface area contributed by atoms with Crippen molar-refractivity contribution in [2.75, 3.05) is 14.2 Å². The monoisotopic (exact) mass is 405 g/mol. The zero-order valence-electron chi connectivity index (χ0n) is 16.4. The van der Waals surface area contributed by atoms with Crippen LogP contribution in [0.15, 0.2) is 48.7 Å². The van der Waals surface area contributed by atoms with Gasteiger partial charge in [-0.1, -0.05) is 23.8 Å². The van der Waals surface area contributed by atoms with Crippen molar-refractivity contribution in [3.8, 4) is 17.2 Å². The summed E-state index contributed by atoms with van der Waals surface area (Å²) in [5.74, 6) is 1.24. The van der Waals surface area contributed by atoms with Crippen LogP contribution in [-0.4, -0.2) is 24.0 Å². The second kappa shape index (κ2) is 8.57.